The Morgan fingerprint density at radius 2 is 1.81 bits per heavy atom. The third-order valence-corrected chi connectivity index (χ3v) is 5.62. The molecule has 0 saturated carbocycles. The van der Waals surface area contributed by atoms with Gasteiger partial charge in [-0.05, 0) is 43.4 Å². The Hall–Kier alpha value is -2.20. The lowest BCUT2D eigenvalue weighted by molar-refractivity contribution is 0.0662. The molecule has 9 heteroatoms. The minimum Gasteiger partial charge on any atom is -0.468 e. The molecule has 0 atom stereocenters. The number of hydrogen-bond donors (Lipinski definition) is 2. The maximum atomic E-state index is 12.3. The molecule has 0 bridgehead atoms. The van der Waals surface area contributed by atoms with Crippen molar-refractivity contribution in [2.75, 3.05) is 33.2 Å². The molecule has 0 unspecified atom stereocenters. The maximum Gasteiger partial charge on any atom is 0.265 e. The largest absolute Gasteiger partial charge is 0.468 e. The van der Waals surface area contributed by atoms with Crippen molar-refractivity contribution >= 4 is 15.9 Å². The van der Waals surface area contributed by atoms with Gasteiger partial charge in [-0.3, -0.25) is 10.2 Å². The fraction of sp³-hybridized carbons (Fsp3) is 0.353. The highest BCUT2D eigenvalue weighted by atomic mass is 32.2. The van der Waals surface area contributed by atoms with E-state index < -0.39 is 10.0 Å². The topological polar surface area (TPSA) is 94.9 Å². The standard InChI is InChI=1S/C17H22N4O4S/c1-20-8-10-21(11-9-20)19-17(22)14-4-6-16(7-5-14)26(23,24)18-13-15-3-2-12-25-15/h2-7,12,18H,8-11,13H2,1H3,(H,19,22). The number of piperazine rings is 1. The average molecular weight is 378 g/mol. The van der Waals surface area contributed by atoms with Crippen LogP contribution in [0.1, 0.15) is 16.1 Å². The average Bonchev–Trinajstić information content (AvgIpc) is 3.16. The van der Waals surface area contributed by atoms with Crippen LogP contribution < -0.4 is 10.1 Å². The zero-order valence-electron chi connectivity index (χ0n) is 14.5. The third-order valence-electron chi connectivity index (χ3n) is 4.21. The van der Waals surface area contributed by atoms with Gasteiger partial charge >= 0.3 is 0 Å². The fourth-order valence-electron chi connectivity index (χ4n) is 2.57. The number of carbonyl (C=O) groups excluding carboxylic acids is 1. The highest BCUT2D eigenvalue weighted by molar-refractivity contribution is 7.89. The summed E-state index contributed by atoms with van der Waals surface area (Å²) in [5.74, 6) is 0.277. The zero-order valence-corrected chi connectivity index (χ0v) is 15.3. The van der Waals surface area contributed by atoms with Gasteiger partial charge in [0.1, 0.15) is 5.76 Å². The van der Waals surface area contributed by atoms with Crippen LogP contribution in [-0.2, 0) is 16.6 Å². The molecule has 1 aliphatic heterocycles. The van der Waals surface area contributed by atoms with Gasteiger partial charge in [0, 0.05) is 31.7 Å². The molecule has 1 saturated heterocycles. The van der Waals surface area contributed by atoms with Crippen LogP contribution >= 0.6 is 0 Å². The molecule has 1 aliphatic rings. The molecule has 2 heterocycles. The van der Waals surface area contributed by atoms with E-state index in [1.54, 1.807) is 12.1 Å². The Kier molecular flexibility index (Phi) is 5.72. The van der Waals surface area contributed by atoms with E-state index in [1.807, 2.05) is 12.1 Å². The molecule has 1 fully saturated rings. The van der Waals surface area contributed by atoms with Crippen molar-refractivity contribution in [3.05, 3.63) is 54.0 Å². The summed E-state index contributed by atoms with van der Waals surface area (Å²) in [4.78, 5) is 14.6. The Morgan fingerprint density at radius 3 is 2.42 bits per heavy atom. The van der Waals surface area contributed by atoms with E-state index in [1.165, 1.54) is 30.5 Å². The van der Waals surface area contributed by atoms with Crippen LogP contribution in [0.4, 0.5) is 0 Å². The molecule has 2 aromatic rings. The molecule has 26 heavy (non-hydrogen) atoms. The Balaban J connectivity index is 1.59. The minimum atomic E-state index is -3.67. The van der Waals surface area contributed by atoms with Gasteiger partial charge in [-0.15, -0.1) is 0 Å². The third kappa shape index (κ3) is 4.70. The minimum absolute atomic E-state index is 0.0704. The first-order chi connectivity index (χ1) is 12.4. The van der Waals surface area contributed by atoms with Gasteiger partial charge in [0.15, 0.2) is 0 Å². The molecule has 0 radical (unpaired) electrons. The summed E-state index contributed by atoms with van der Waals surface area (Å²) in [6.07, 6.45) is 1.48. The van der Waals surface area contributed by atoms with Gasteiger partial charge in [-0.25, -0.2) is 18.1 Å². The van der Waals surface area contributed by atoms with Crippen LogP contribution in [0.25, 0.3) is 0 Å². The summed E-state index contributed by atoms with van der Waals surface area (Å²) in [7, 11) is -1.63. The Bertz CT molecular complexity index is 826. The lowest BCUT2D eigenvalue weighted by atomic mass is 10.2. The molecular weight excluding hydrogens is 356 g/mol. The molecule has 1 amide bonds. The van der Waals surface area contributed by atoms with Crippen LogP contribution in [0.15, 0.2) is 52.0 Å². The highest BCUT2D eigenvalue weighted by Crippen LogP contribution is 2.12. The van der Waals surface area contributed by atoms with E-state index in [0.29, 0.717) is 11.3 Å². The lowest BCUT2D eigenvalue weighted by Crippen LogP contribution is -2.52. The van der Waals surface area contributed by atoms with E-state index in [2.05, 4.69) is 15.0 Å². The summed E-state index contributed by atoms with van der Waals surface area (Å²) in [6, 6.07) is 9.23. The fourth-order valence-corrected chi connectivity index (χ4v) is 3.57. The van der Waals surface area contributed by atoms with Crippen molar-refractivity contribution in [1.82, 2.24) is 20.1 Å². The van der Waals surface area contributed by atoms with Gasteiger partial charge in [-0.1, -0.05) is 0 Å². The lowest BCUT2D eigenvalue weighted by Gasteiger charge is -2.32. The maximum absolute atomic E-state index is 12.3. The number of rotatable bonds is 6. The van der Waals surface area contributed by atoms with Crippen molar-refractivity contribution in [2.45, 2.75) is 11.4 Å². The second-order valence-electron chi connectivity index (χ2n) is 6.16. The van der Waals surface area contributed by atoms with Crippen LogP contribution in [0.3, 0.4) is 0 Å². The second-order valence-corrected chi connectivity index (χ2v) is 7.93. The number of furan rings is 1. The molecule has 1 aromatic carbocycles. The first kappa shape index (κ1) is 18.6. The molecule has 8 nitrogen and oxygen atoms in total. The smallest absolute Gasteiger partial charge is 0.265 e. The van der Waals surface area contributed by atoms with Gasteiger partial charge < -0.3 is 9.32 Å². The summed E-state index contributed by atoms with van der Waals surface area (Å²) in [5, 5.41) is 1.87. The van der Waals surface area contributed by atoms with Gasteiger partial charge in [0.2, 0.25) is 10.0 Å². The number of nitrogens with zero attached hydrogens (tertiary/aromatic N) is 2. The number of amides is 1. The van der Waals surface area contributed by atoms with Crippen LogP contribution in [0.5, 0.6) is 0 Å². The molecular formula is C17H22N4O4S. The van der Waals surface area contributed by atoms with Crippen molar-refractivity contribution in [2.24, 2.45) is 0 Å². The molecule has 0 spiro atoms. The van der Waals surface area contributed by atoms with Crippen molar-refractivity contribution in [3.8, 4) is 0 Å². The van der Waals surface area contributed by atoms with Crippen molar-refractivity contribution < 1.29 is 17.6 Å². The number of likely N-dealkylation sites (N-methyl/N-ethyl adjacent to an activating group) is 1. The summed E-state index contributed by atoms with van der Waals surface area (Å²) in [5.41, 5.74) is 3.26. The second kappa shape index (κ2) is 8.00. The SMILES string of the molecule is CN1CCN(NC(=O)c2ccc(S(=O)(=O)NCc3ccco3)cc2)CC1. The normalized spacial score (nSPS) is 16.5. The number of sulfonamides is 1. The van der Waals surface area contributed by atoms with Gasteiger partial charge in [-0.2, -0.15) is 0 Å². The zero-order chi connectivity index (χ0) is 18.6. The van der Waals surface area contributed by atoms with E-state index in [4.69, 9.17) is 4.42 Å². The molecule has 0 aliphatic carbocycles. The molecule has 1 aromatic heterocycles. The predicted molar refractivity (Wildman–Crippen MR) is 95.7 cm³/mol. The van der Waals surface area contributed by atoms with E-state index >= 15 is 0 Å². The summed E-state index contributed by atoms with van der Waals surface area (Å²) < 4.78 is 32.1. The first-order valence-electron chi connectivity index (χ1n) is 8.31. The van der Waals surface area contributed by atoms with Crippen LogP contribution in [-0.4, -0.2) is 57.5 Å². The Morgan fingerprint density at radius 1 is 1.12 bits per heavy atom. The number of benzene rings is 1. The monoisotopic (exact) mass is 378 g/mol. The first-order valence-corrected chi connectivity index (χ1v) is 9.79. The molecule has 140 valence electrons. The van der Waals surface area contributed by atoms with Crippen LogP contribution in [0.2, 0.25) is 0 Å². The van der Waals surface area contributed by atoms with E-state index in [-0.39, 0.29) is 17.3 Å². The highest BCUT2D eigenvalue weighted by Gasteiger charge is 2.18. The van der Waals surface area contributed by atoms with Crippen LogP contribution in [0, 0.1) is 0 Å². The number of hydrazine groups is 1. The number of hydrogen-bond acceptors (Lipinski definition) is 6. The summed E-state index contributed by atoms with van der Waals surface area (Å²) in [6.45, 7) is 3.36. The van der Waals surface area contributed by atoms with E-state index in [0.717, 1.165) is 26.2 Å². The van der Waals surface area contributed by atoms with Crippen molar-refractivity contribution in [3.63, 3.8) is 0 Å². The predicted octanol–water partition coefficient (Wildman–Crippen LogP) is 0.650. The number of carbonyl (C=O) groups is 1. The molecule has 2 N–H and O–H groups in total. The van der Waals surface area contributed by atoms with Crippen molar-refractivity contribution in [1.29, 1.82) is 0 Å². The summed E-state index contributed by atoms with van der Waals surface area (Å²) >= 11 is 0. The number of nitrogens with one attached hydrogen (secondary N) is 2. The molecule has 3 rings (SSSR count). The Labute approximate surface area is 152 Å². The van der Waals surface area contributed by atoms with Gasteiger partial charge in [0.25, 0.3) is 5.91 Å². The quantitative estimate of drug-likeness (QED) is 0.766. The van der Waals surface area contributed by atoms with E-state index in [9.17, 15) is 13.2 Å². The van der Waals surface area contributed by atoms with Gasteiger partial charge in [0.05, 0.1) is 17.7 Å².